The molecule has 0 saturated heterocycles. The molecule has 0 aliphatic rings. The van der Waals surface area contributed by atoms with Gasteiger partial charge in [0.05, 0.1) is 0 Å². The summed E-state index contributed by atoms with van der Waals surface area (Å²) in [6.07, 6.45) is -1.70. The SMILES string of the molecule is O=C(O)CC(=O)OCOC(=O)CC(=O)O.[Ag].[Ag]. The van der Waals surface area contributed by atoms with E-state index in [0.29, 0.717) is 0 Å². The van der Waals surface area contributed by atoms with Gasteiger partial charge in [-0.25, -0.2) is 0 Å². The summed E-state index contributed by atoms with van der Waals surface area (Å²) < 4.78 is 8.30. The van der Waals surface area contributed by atoms with Crippen molar-refractivity contribution in [2.45, 2.75) is 12.8 Å². The maximum Gasteiger partial charge on any atom is 0.320 e. The fourth-order valence-electron chi connectivity index (χ4n) is 0.510. The second-order valence-electron chi connectivity index (χ2n) is 2.29. The molecule has 0 saturated carbocycles. The normalized spacial score (nSPS) is 8.00. The molecule has 2 radical (unpaired) electrons. The first-order valence-corrected chi connectivity index (χ1v) is 3.66. The second-order valence-corrected chi connectivity index (χ2v) is 2.29. The van der Waals surface area contributed by atoms with Gasteiger partial charge in [0.2, 0.25) is 6.79 Å². The van der Waals surface area contributed by atoms with Crippen LogP contribution in [0.2, 0.25) is 0 Å². The molecule has 0 aromatic carbocycles. The summed E-state index contributed by atoms with van der Waals surface area (Å²) >= 11 is 0. The minimum absolute atomic E-state index is 0. The number of carbonyl (C=O) groups excluding carboxylic acids is 2. The van der Waals surface area contributed by atoms with Gasteiger partial charge in [0.15, 0.2) is 0 Å². The molecule has 2 N–H and O–H groups in total. The van der Waals surface area contributed by atoms with Crippen LogP contribution in [0.15, 0.2) is 0 Å². The molecule has 8 nitrogen and oxygen atoms in total. The topological polar surface area (TPSA) is 127 Å². The molecule has 106 valence electrons. The van der Waals surface area contributed by atoms with E-state index in [1.165, 1.54) is 0 Å². The third-order valence-electron chi connectivity index (χ3n) is 1.03. The zero-order chi connectivity index (χ0) is 11.8. The van der Waals surface area contributed by atoms with Gasteiger partial charge in [-0.05, 0) is 0 Å². The fraction of sp³-hybridized carbons (Fsp3) is 0.429. The number of aliphatic carboxylic acids is 2. The number of hydrogen-bond acceptors (Lipinski definition) is 6. The van der Waals surface area contributed by atoms with Crippen LogP contribution in [-0.2, 0) is 73.4 Å². The van der Waals surface area contributed by atoms with E-state index >= 15 is 0 Å². The molecule has 10 heteroatoms. The molecule has 0 atom stereocenters. The number of ether oxygens (including phenoxy) is 2. The fourth-order valence-corrected chi connectivity index (χ4v) is 0.510. The van der Waals surface area contributed by atoms with Gasteiger partial charge in [-0.3, -0.25) is 19.2 Å². The van der Waals surface area contributed by atoms with Gasteiger partial charge in [-0.15, -0.1) is 0 Å². The molecule has 0 fully saturated rings. The third kappa shape index (κ3) is 15.4. The zero-order valence-corrected chi connectivity index (χ0v) is 11.0. The average Bonchev–Trinajstić information content (AvgIpc) is 2.00. The summed E-state index contributed by atoms with van der Waals surface area (Å²) in [5.41, 5.74) is 0. The molecule has 0 heterocycles. The Hall–Kier alpha value is -0.639. The van der Waals surface area contributed by atoms with Crippen LogP contribution >= 0.6 is 0 Å². The summed E-state index contributed by atoms with van der Waals surface area (Å²) in [6.45, 7) is -0.793. The van der Waals surface area contributed by atoms with Crippen LogP contribution < -0.4 is 0 Å². The Morgan fingerprint density at radius 3 is 1.29 bits per heavy atom. The minimum atomic E-state index is -1.38. The van der Waals surface area contributed by atoms with E-state index in [-0.39, 0.29) is 44.8 Å². The van der Waals surface area contributed by atoms with E-state index in [0.717, 1.165) is 0 Å². The largest absolute Gasteiger partial charge is 0.481 e. The van der Waals surface area contributed by atoms with Gasteiger partial charge in [0.1, 0.15) is 12.8 Å². The van der Waals surface area contributed by atoms with Crippen LogP contribution in [0.25, 0.3) is 0 Å². The van der Waals surface area contributed by atoms with Crippen LogP contribution in [-0.4, -0.2) is 40.9 Å². The molecular formula is C7H8Ag2O8. The van der Waals surface area contributed by atoms with E-state index in [1.54, 1.807) is 0 Å². The van der Waals surface area contributed by atoms with Crippen molar-refractivity contribution in [2.75, 3.05) is 6.79 Å². The summed E-state index contributed by atoms with van der Waals surface area (Å²) in [4.78, 5) is 41.0. The van der Waals surface area contributed by atoms with Crippen molar-refractivity contribution in [3.63, 3.8) is 0 Å². The number of carbonyl (C=O) groups is 4. The molecule has 0 aromatic rings. The van der Waals surface area contributed by atoms with Crippen molar-refractivity contribution in [2.24, 2.45) is 0 Å². The van der Waals surface area contributed by atoms with Crippen LogP contribution in [0.1, 0.15) is 12.8 Å². The van der Waals surface area contributed by atoms with Gasteiger partial charge in [-0.1, -0.05) is 0 Å². The Morgan fingerprint density at radius 2 is 1.06 bits per heavy atom. The second kappa shape index (κ2) is 11.8. The smallest absolute Gasteiger partial charge is 0.320 e. The molecule has 0 rings (SSSR count). The van der Waals surface area contributed by atoms with Crippen molar-refractivity contribution in [3.8, 4) is 0 Å². The van der Waals surface area contributed by atoms with Gasteiger partial charge < -0.3 is 19.7 Å². The Labute approximate surface area is 127 Å². The van der Waals surface area contributed by atoms with E-state index in [1.807, 2.05) is 0 Å². The molecule has 0 aliphatic carbocycles. The van der Waals surface area contributed by atoms with Crippen molar-refractivity contribution in [1.82, 2.24) is 0 Å². The predicted octanol–water partition coefficient (Wildman–Crippen LogP) is -1.03. The summed E-state index contributed by atoms with van der Waals surface area (Å²) in [5, 5.41) is 16.3. The van der Waals surface area contributed by atoms with Crippen molar-refractivity contribution in [1.29, 1.82) is 0 Å². The number of rotatable bonds is 6. The number of carboxylic acid groups (broad SMARTS) is 2. The third-order valence-corrected chi connectivity index (χ3v) is 1.03. The van der Waals surface area contributed by atoms with Crippen LogP contribution in [0.5, 0.6) is 0 Å². The summed E-state index contributed by atoms with van der Waals surface area (Å²) in [5.74, 6) is -4.91. The van der Waals surface area contributed by atoms with Crippen LogP contribution in [0.4, 0.5) is 0 Å². The molecule has 0 unspecified atom stereocenters. The Balaban J connectivity index is -0.000000980. The van der Waals surface area contributed by atoms with E-state index in [2.05, 4.69) is 9.47 Å². The summed E-state index contributed by atoms with van der Waals surface area (Å²) in [6, 6.07) is 0. The minimum Gasteiger partial charge on any atom is -0.481 e. The Bertz CT molecular complexity index is 262. The monoisotopic (exact) mass is 434 g/mol. The average molecular weight is 436 g/mol. The molecule has 0 amide bonds. The van der Waals surface area contributed by atoms with Gasteiger partial charge in [0, 0.05) is 44.8 Å². The van der Waals surface area contributed by atoms with Crippen molar-refractivity contribution in [3.05, 3.63) is 0 Å². The van der Waals surface area contributed by atoms with E-state index < -0.39 is 43.5 Å². The first kappa shape index (κ1) is 21.6. The molecule has 17 heavy (non-hydrogen) atoms. The molecule has 0 bridgehead atoms. The number of carboxylic acids is 2. The van der Waals surface area contributed by atoms with Gasteiger partial charge in [-0.2, -0.15) is 0 Å². The molecule has 0 spiro atoms. The van der Waals surface area contributed by atoms with Crippen LogP contribution in [0.3, 0.4) is 0 Å². The first-order chi connectivity index (χ1) is 6.91. The first-order valence-electron chi connectivity index (χ1n) is 3.66. The zero-order valence-electron chi connectivity index (χ0n) is 8.07. The molecule has 0 aliphatic heterocycles. The summed E-state index contributed by atoms with van der Waals surface area (Å²) in [7, 11) is 0. The van der Waals surface area contributed by atoms with Gasteiger partial charge in [0.25, 0.3) is 0 Å². The van der Waals surface area contributed by atoms with E-state index in [4.69, 9.17) is 10.2 Å². The Morgan fingerprint density at radius 1 is 0.765 bits per heavy atom. The standard InChI is InChI=1S/C7H8O8.2Ag/c8-4(9)1-6(12)14-3-15-7(13)2-5(10)11;;/h1-3H2,(H,8,9)(H,10,11);;. The van der Waals surface area contributed by atoms with Crippen molar-refractivity contribution < 1.29 is 83.6 Å². The van der Waals surface area contributed by atoms with Crippen molar-refractivity contribution >= 4 is 23.9 Å². The maximum atomic E-state index is 10.5. The van der Waals surface area contributed by atoms with Crippen LogP contribution in [0, 0.1) is 0 Å². The molecule has 0 aromatic heterocycles. The number of esters is 2. The maximum absolute atomic E-state index is 10.5. The number of hydrogen-bond donors (Lipinski definition) is 2. The molecular weight excluding hydrogens is 428 g/mol. The van der Waals surface area contributed by atoms with E-state index in [9.17, 15) is 19.2 Å². The predicted molar refractivity (Wildman–Crippen MR) is 41.6 cm³/mol. The quantitative estimate of drug-likeness (QED) is 0.235. The Kier molecular flexibility index (Phi) is 15.1. The van der Waals surface area contributed by atoms with Gasteiger partial charge >= 0.3 is 23.9 Å².